The highest BCUT2D eigenvalue weighted by Crippen LogP contribution is 2.35. The lowest BCUT2D eigenvalue weighted by Gasteiger charge is -2.16. The van der Waals surface area contributed by atoms with E-state index in [-0.39, 0.29) is 5.92 Å². The molecule has 0 amide bonds. The quantitative estimate of drug-likeness (QED) is 0.825. The Kier molecular flexibility index (Phi) is 4.13. The van der Waals surface area contributed by atoms with Crippen LogP contribution in [0.4, 0.5) is 0 Å². The predicted octanol–water partition coefficient (Wildman–Crippen LogP) is 2.29. The van der Waals surface area contributed by atoms with E-state index in [0.717, 1.165) is 17.3 Å². The molecule has 4 nitrogen and oxygen atoms in total. The minimum absolute atomic E-state index is 0.0679. The van der Waals surface area contributed by atoms with Crippen molar-refractivity contribution in [2.45, 2.75) is 18.6 Å². The van der Waals surface area contributed by atoms with Crippen molar-refractivity contribution in [2.24, 2.45) is 5.92 Å². The van der Waals surface area contributed by atoms with Crippen molar-refractivity contribution in [3.8, 4) is 6.07 Å². The van der Waals surface area contributed by atoms with E-state index in [1.54, 1.807) is 0 Å². The van der Waals surface area contributed by atoms with Crippen LogP contribution in [-0.2, 0) is 6.42 Å². The van der Waals surface area contributed by atoms with Crippen molar-refractivity contribution in [1.82, 2.24) is 10.1 Å². The molecule has 1 fully saturated rings. The van der Waals surface area contributed by atoms with Crippen LogP contribution in [0.2, 0.25) is 0 Å². The molecule has 86 valence electrons. The molecule has 2 atom stereocenters. The summed E-state index contributed by atoms with van der Waals surface area (Å²) < 4.78 is 5.16. The Morgan fingerprint density at radius 3 is 3.19 bits per heavy atom. The Hall–Kier alpha value is -0.670. The first-order valence-corrected chi connectivity index (χ1v) is 7.41. The van der Waals surface area contributed by atoms with Gasteiger partial charge in [-0.15, -0.1) is 11.8 Å². The van der Waals surface area contributed by atoms with Crippen molar-refractivity contribution in [3.05, 3.63) is 11.7 Å². The summed E-state index contributed by atoms with van der Waals surface area (Å²) in [5.41, 5.74) is 0. The molecule has 0 spiro atoms. The fraction of sp³-hybridized carbons (Fsp3) is 0.700. The van der Waals surface area contributed by atoms with Crippen LogP contribution in [-0.4, -0.2) is 27.4 Å². The molecule has 1 saturated heterocycles. The zero-order chi connectivity index (χ0) is 11.4. The van der Waals surface area contributed by atoms with Crippen molar-refractivity contribution >= 4 is 23.5 Å². The number of aromatic nitrogens is 2. The lowest BCUT2D eigenvalue weighted by Crippen LogP contribution is -2.08. The molecule has 1 aromatic rings. The molecular weight excluding hydrogens is 242 g/mol. The molecule has 0 saturated carbocycles. The van der Waals surface area contributed by atoms with Crippen LogP contribution in [0, 0.1) is 17.2 Å². The second-order valence-corrected chi connectivity index (χ2v) is 6.18. The average molecular weight is 255 g/mol. The Labute approximate surface area is 103 Å². The summed E-state index contributed by atoms with van der Waals surface area (Å²) in [5.74, 6) is 4.71. The van der Waals surface area contributed by atoms with E-state index < -0.39 is 0 Å². The molecule has 0 aliphatic carbocycles. The number of hydrogen-bond acceptors (Lipinski definition) is 6. The van der Waals surface area contributed by atoms with Gasteiger partial charge in [-0.3, -0.25) is 0 Å². The molecule has 2 unspecified atom stereocenters. The van der Waals surface area contributed by atoms with Crippen molar-refractivity contribution in [2.75, 3.05) is 17.3 Å². The molecule has 1 aliphatic heterocycles. The number of rotatable bonds is 3. The van der Waals surface area contributed by atoms with Crippen LogP contribution in [0.15, 0.2) is 4.52 Å². The summed E-state index contributed by atoms with van der Waals surface area (Å²) in [6.45, 7) is 1.86. The van der Waals surface area contributed by atoms with Crippen LogP contribution in [0.25, 0.3) is 0 Å². The normalized spacial score (nSPS) is 22.6. The zero-order valence-electron chi connectivity index (χ0n) is 9.05. The molecule has 2 rings (SSSR count). The molecule has 16 heavy (non-hydrogen) atoms. The van der Waals surface area contributed by atoms with Crippen molar-refractivity contribution in [3.63, 3.8) is 0 Å². The van der Waals surface area contributed by atoms with Gasteiger partial charge >= 0.3 is 0 Å². The van der Waals surface area contributed by atoms with E-state index in [4.69, 9.17) is 9.78 Å². The number of hydrogen-bond donors (Lipinski definition) is 0. The highest BCUT2D eigenvalue weighted by atomic mass is 32.2. The minimum atomic E-state index is -0.0679. The van der Waals surface area contributed by atoms with Gasteiger partial charge in [0.05, 0.1) is 17.2 Å². The molecule has 2 heterocycles. The van der Waals surface area contributed by atoms with Crippen molar-refractivity contribution in [1.29, 1.82) is 5.26 Å². The maximum Gasteiger partial charge on any atom is 0.227 e. The first-order valence-electron chi connectivity index (χ1n) is 5.21. The van der Waals surface area contributed by atoms with Gasteiger partial charge in [0.1, 0.15) is 0 Å². The Bertz CT molecular complexity index is 382. The largest absolute Gasteiger partial charge is 0.339 e. The number of nitriles is 1. The number of thioether (sulfide) groups is 2. The Balaban J connectivity index is 1.98. The first-order chi connectivity index (χ1) is 7.79. The lowest BCUT2D eigenvalue weighted by molar-refractivity contribution is 0.364. The third-order valence-electron chi connectivity index (χ3n) is 2.29. The minimum Gasteiger partial charge on any atom is -0.339 e. The SMILES string of the molecule is CC(C#N)Cc1nc(C2CSCCS2)no1. The summed E-state index contributed by atoms with van der Waals surface area (Å²) in [5, 5.41) is 13.1. The molecule has 0 radical (unpaired) electrons. The van der Waals surface area contributed by atoms with Crippen LogP contribution in [0.5, 0.6) is 0 Å². The molecule has 0 bridgehead atoms. The van der Waals surface area contributed by atoms with Crippen LogP contribution in [0.1, 0.15) is 23.9 Å². The van der Waals surface area contributed by atoms with Gasteiger partial charge in [0, 0.05) is 23.7 Å². The van der Waals surface area contributed by atoms with E-state index in [0.29, 0.717) is 17.6 Å². The molecule has 1 aliphatic rings. The summed E-state index contributed by atoms with van der Waals surface area (Å²) in [6, 6.07) is 2.17. The van der Waals surface area contributed by atoms with Gasteiger partial charge in [-0.05, 0) is 6.92 Å². The third kappa shape index (κ3) is 2.92. The summed E-state index contributed by atoms with van der Waals surface area (Å²) in [4.78, 5) is 4.36. The maximum atomic E-state index is 8.70. The topological polar surface area (TPSA) is 62.7 Å². The molecule has 0 aromatic carbocycles. The van der Waals surface area contributed by atoms with E-state index in [9.17, 15) is 0 Å². The van der Waals surface area contributed by atoms with Gasteiger partial charge in [-0.2, -0.15) is 22.0 Å². The fourth-order valence-electron chi connectivity index (χ4n) is 1.43. The van der Waals surface area contributed by atoms with Gasteiger partial charge in [0.15, 0.2) is 5.82 Å². The van der Waals surface area contributed by atoms with Gasteiger partial charge in [0.2, 0.25) is 5.89 Å². The predicted molar refractivity (Wildman–Crippen MR) is 65.3 cm³/mol. The van der Waals surface area contributed by atoms with Gasteiger partial charge in [0.25, 0.3) is 0 Å². The van der Waals surface area contributed by atoms with E-state index >= 15 is 0 Å². The average Bonchev–Trinajstić information content (AvgIpc) is 2.78. The second kappa shape index (κ2) is 5.60. The van der Waals surface area contributed by atoms with E-state index in [1.165, 1.54) is 5.75 Å². The highest BCUT2D eigenvalue weighted by molar-refractivity contribution is 8.06. The molecule has 6 heteroatoms. The Morgan fingerprint density at radius 2 is 2.50 bits per heavy atom. The van der Waals surface area contributed by atoms with Crippen LogP contribution < -0.4 is 0 Å². The molecular formula is C10H13N3OS2. The van der Waals surface area contributed by atoms with Crippen LogP contribution in [0.3, 0.4) is 0 Å². The van der Waals surface area contributed by atoms with Crippen LogP contribution >= 0.6 is 23.5 Å². The molecule has 1 aromatic heterocycles. The van der Waals surface area contributed by atoms with Crippen molar-refractivity contribution < 1.29 is 4.52 Å². The van der Waals surface area contributed by atoms with Gasteiger partial charge < -0.3 is 4.52 Å². The van der Waals surface area contributed by atoms with E-state index in [2.05, 4.69) is 16.2 Å². The fourth-order valence-corrected chi connectivity index (χ4v) is 4.02. The monoisotopic (exact) mass is 255 g/mol. The summed E-state index contributed by atoms with van der Waals surface area (Å²) in [6.07, 6.45) is 0.550. The Morgan fingerprint density at radius 1 is 1.62 bits per heavy atom. The van der Waals surface area contributed by atoms with Gasteiger partial charge in [-0.25, -0.2) is 0 Å². The maximum absolute atomic E-state index is 8.70. The zero-order valence-corrected chi connectivity index (χ0v) is 10.7. The highest BCUT2D eigenvalue weighted by Gasteiger charge is 2.22. The van der Waals surface area contributed by atoms with Gasteiger partial charge in [-0.1, -0.05) is 5.16 Å². The third-order valence-corrected chi connectivity index (χ3v) is 5.04. The van der Waals surface area contributed by atoms with E-state index in [1.807, 2.05) is 30.4 Å². The number of nitrogens with zero attached hydrogens (tertiary/aromatic N) is 3. The summed E-state index contributed by atoms with van der Waals surface area (Å²) in [7, 11) is 0. The molecule has 0 N–H and O–H groups in total. The standard InChI is InChI=1S/C10H13N3OS2/c1-7(5-11)4-9-12-10(13-14-9)8-6-15-2-3-16-8/h7-8H,2-4,6H2,1H3. The lowest BCUT2D eigenvalue weighted by atomic mass is 10.1. The first kappa shape index (κ1) is 11.8. The summed E-state index contributed by atoms with van der Waals surface area (Å²) >= 11 is 3.81. The second-order valence-electron chi connectivity index (χ2n) is 3.71. The smallest absolute Gasteiger partial charge is 0.227 e.